The number of Topliss-reactive ketones (excluding diaryl/α,β-unsaturated/α-hetero) is 1. The molecule has 4 nitrogen and oxygen atoms in total. The van der Waals surface area contributed by atoms with E-state index in [1.165, 1.54) is 24.3 Å². The zero-order valence-electron chi connectivity index (χ0n) is 10.5. The molecule has 0 heterocycles. The van der Waals surface area contributed by atoms with Crippen LogP contribution in [0.25, 0.3) is 0 Å². The number of nitro benzene ring substituents is 1. The van der Waals surface area contributed by atoms with E-state index < -0.39 is 32.9 Å². The molecule has 2 aromatic carbocycles. The van der Waals surface area contributed by atoms with E-state index in [2.05, 4.69) is 0 Å². The summed E-state index contributed by atoms with van der Waals surface area (Å²) in [5.41, 5.74) is -0.0643. The average Bonchev–Trinajstić information content (AvgIpc) is 2.43. The van der Waals surface area contributed by atoms with Crippen LogP contribution in [0.1, 0.15) is 15.9 Å². The van der Waals surface area contributed by atoms with Crippen molar-refractivity contribution >= 4 is 23.1 Å². The van der Waals surface area contributed by atoms with Crippen LogP contribution in [-0.2, 0) is 6.42 Å². The highest BCUT2D eigenvalue weighted by Gasteiger charge is 2.16. The van der Waals surface area contributed by atoms with Gasteiger partial charge in [0, 0.05) is 18.6 Å². The van der Waals surface area contributed by atoms with Crippen molar-refractivity contribution in [3.05, 3.63) is 74.3 Å². The fourth-order valence-corrected chi connectivity index (χ4v) is 1.90. The van der Waals surface area contributed by atoms with Gasteiger partial charge >= 0.3 is 0 Å². The molecule has 2 rings (SSSR count). The lowest BCUT2D eigenvalue weighted by molar-refractivity contribution is -0.384. The highest BCUT2D eigenvalue weighted by molar-refractivity contribution is 6.30. The molecule has 2 aromatic rings. The lowest BCUT2D eigenvalue weighted by Crippen LogP contribution is -2.07. The molecule has 0 saturated heterocycles. The molecular formula is C14H8ClF2NO3. The van der Waals surface area contributed by atoms with E-state index in [0.29, 0.717) is 5.56 Å². The predicted octanol–water partition coefficient (Wildman–Crippen LogP) is 3.95. The van der Waals surface area contributed by atoms with Crippen molar-refractivity contribution in [3.8, 4) is 0 Å². The van der Waals surface area contributed by atoms with Crippen LogP contribution in [0.15, 0.2) is 36.4 Å². The van der Waals surface area contributed by atoms with Crippen molar-refractivity contribution in [3.63, 3.8) is 0 Å². The van der Waals surface area contributed by atoms with Crippen LogP contribution in [0, 0.1) is 21.7 Å². The Morgan fingerprint density at radius 1 is 1.14 bits per heavy atom. The van der Waals surface area contributed by atoms with E-state index in [1.807, 2.05) is 0 Å². The number of non-ortho nitro benzene ring substituents is 1. The third-order valence-corrected chi connectivity index (χ3v) is 3.11. The molecule has 0 saturated carbocycles. The number of benzene rings is 2. The Morgan fingerprint density at radius 2 is 1.76 bits per heavy atom. The van der Waals surface area contributed by atoms with Crippen molar-refractivity contribution < 1.29 is 18.5 Å². The highest BCUT2D eigenvalue weighted by atomic mass is 35.5. The number of halogens is 3. The summed E-state index contributed by atoms with van der Waals surface area (Å²) in [7, 11) is 0. The largest absolute Gasteiger partial charge is 0.294 e. The predicted molar refractivity (Wildman–Crippen MR) is 72.5 cm³/mol. The molecule has 0 fully saturated rings. The molecule has 0 radical (unpaired) electrons. The van der Waals surface area contributed by atoms with Crippen LogP contribution in [0.5, 0.6) is 0 Å². The van der Waals surface area contributed by atoms with Crippen LogP contribution in [0.3, 0.4) is 0 Å². The van der Waals surface area contributed by atoms with Gasteiger partial charge < -0.3 is 0 Å². The van der Waals surface area contributed by atoms with Gasteiger partial charge in [0.25, 0.3) is 5.69 Å². The molecule has 0 N–H and O–H groups in total. The second kappa shape index (κ2) is 5.97. The van der Waals surface area contributed by atoms with Crippen LogP contribution >= 0.6 is 11.6 Å². The lowest BCUT2D eigenvalue weighted by atomic mass is 10.0. The maximum Gasteiger partial charge on any atom is 0.269 e. The smallest absolute Gasteiger partial charge is 0.269 e. The summed E-state index contributed by atoms with van der Waals surface area (Å²) in [6, 6.07) is 6.73. The summed E-state index contributed by atoms with van der Waals surface area (Å²) in [5.74, 6) is -2.43. The summed E-state index contributed by atoms with van der Waals surface area (Å²) in [5, 5.41) is 10.1. The Bertz CT molecular complexity index is 717. The molecule has 0 aliphatic heterocycles. The van der Waals surface area contributed by atoms with Crippen molar-refractivity contribution in [1.82, 2.24) is 0 Å². The molecule has 21 heavy (non-hydrogen) atoms. The van der Waals surface area contributed by atoms with Gasteiger partial charge in [0.1, 0.15) is 11.6 Å². The van der Waals surface area contributed by atoms with Gasteiger partial charge in [-0.05, 0) is 17.7 Å². The maximum absolute atomic E-state index is 13.6. The minimum absolute atomic E-state index is 0.116. The van der Waals surface area contributed by atoms with Gasteiger partial charge in [-0.1, -0.05) is 23.7 Å². The van der Waals surface area contributed by atoms with E-state index in [0.717, 1.165) is 12.1 Å². The second-order valence-electron chi connectivity index (χ2n) is 4.27. The number of hydrogen-bond donors (Lipinski definition) is 0. The van der Waals surface area contributed by atoms with Crippen LogP contribution < -0.4 is 0 Å². The van der Waals surface area contributed by atoms with Crippen molar-refractivity contribution in [1.29, 1.82) is 0 Å². The number of hydrogen-bond acceptors (Lipinski definition) is 3. The molecule has 0 aliphatic rings. The van der Waals surface area contributed by atoms with E-state index in [4.69, 9.17) is 11.6 Å². The number of carbonyl (C=O) groups is 1. The number of nitrogens with zero attached hydrogens (tertiary/aromatic N) is 1. The summed E-state index contributed by atoms with van der Waals surface area (Å²) in [6.07, 6.45) is -0.198. The molecule has 0 aliphatic carbocycles. The molecule has 0 bridgehead atoms. The minimum Gasteiger partial charge on any atom is -0.294 e. The topological polar surface area (TPSA) is 60.2 Å². The summed E-state index contributed by atoms with van der Waals surface area (Å²) in [6.45, 7) is 0. The Hall–Kier alpha value is -2.34. The standard InChI is InChI=1S/C14H8ClF2NO3/c15-11-7-12(16)10(6-13(11)17)14(19)5-8-1-3-9(4-2-8)18(20)21/h1-4,6-7H,5H2. The Morgan fingerprint density at radius 3 is 2.33 bits per heavy atom. The SMILES string of the molecule is O=C(Cc1ccc([N+](=O)[O-])cc1)c1cc(F)c(Cl)cc1F. The second-order valence-corrected chi connectivity index (χ2v) is 4.68. The summed E-state index contributed by atoms with van der Waals surface area (Å²) < 4.78 is 26.9. The monoisotopic (exact) mass is 311 g/mol. The summed E-state index contributed by atoms with van der Waals surface area (Å²) in [4.78, 5) is 21.9. The zero-order valence-corrected chi connectivity index (χ0v) is 11.2. The van der Waals surface area contributed by atoms with Gasteiger partial charge in [0.15, 0.2) is 5.78 Å². The fourth-order valence-electron chi connectivity index (χ4n) is 1.75. The first-order chi connectivity index (χ1) is 9.88. The molecule has 0 atom stereocenters. The van der Waals surface area contributed by atoms with E-state index in [9.17, 15) is 23.7 Å². The Balaban J connectivity index is 2.22. The molecule has 0 amide bonds. The minimum atomic E-state index is -0.909. The number of rotatable bonds is 4. The first-order valence-electron chi connectivity index (χ1n) is 5.79. The van der Waals surface area contributed by atoms with Crippen molar-refractivity contribution in [2.75, 3.05) is 0 Å². The van der Waals surface area contributed by atoms with Gasteiger partial charge in [-0.3, -0.25) is 14.9 Å². The molecule has 0 spiro atoms. The molecule has 7 heteroatoms. The van der Waals surface area contributed by atoms with Crippen molar-refractivity contribution in [2.24, 2.45) is 0 Å². The number of ketones is 1. The van der Waals surface area contributed by atoms with Crippen LogP contribution in [0.2, 0.25) is 5.02 Å². The summed E-state index contributed by atoms with van der Waals surface area (Å²) >= 11 is 5.41. The quantitative estimate of drug-likeness (QED) is 0.372. The molecule has 0 unspecified atom stereocenters. The average molecular weight is 312 g/mol. The molecule has 108 valence electrons. The Kier molecular flexibility index (Phi) is 4.28. The van der Waals surface area contributed by atoms with E-state index >= 15 is 0 Å². The first-order valence-corrected chi connectivity index (χ1v) is 6.17. The maximum atomic E-state index is 13.6. The normalized spacial score (nSPS) is 10.4. The first kappa shape index (κ1) is 15.1. The van der Waals surface area contributed by atoms with Crippen molar-refractivity contribution in [2.45, 2.75) is 6.42 Å². The van der Waals surface area contributed by atoms with Crippen LogP contribution in [-0.4, -0.2) is 10.7 Å². The molecule has 0 aromatic heterocycles. The zero-order chi connectivity index (χ0) is 15.6. The van der Waals surface area contributed by atoms with Gasteiger partial charge in [-0.2, -0.15) is 0 Å². The fraction of sp³-hybridized carbons (Fsp3) is 0.0714. The van der Waals surface area contributed by atoms with Crippen LogP contribution in [0.4, 0.5) is 14.5 Å². The third-order valence-electron chi connectivity index (χ3n) is 2.82. The number of carbonyl (C=O) groups excluding carboxylic acids is 1. The van der Waals surface area contributed by atoms with Gasteiger partial charge in [0.05, 0.1) is 15.5 Å². The van der Waals surface area contributed by atoms with E-state index in [-0.39, 0.29) is 12.1 Å². The number of nitro groups is 1. The van der Waals surface area contributed by atoms with Gasteiger partial charge in [-0.25, -0.2) is 8.78 Å². The third kappa shape index (κ3) is 3.41. The molecular weight excluding hydrogens is 304 g/mol. The van der Waals surface area contributed by atoms with Gasteiger partial charge in [0.2, 0.25) is 0 Å². The van der Waals surface area contributed by atoms with E-state index in [1.54, 1.807) is 0 Å². The Labute approximate surface area is 123 Å². The lowest BCUT2D eigenvalue weighted by Gasteiger charge is -2.04. The highest BCUT2D eigenvalue weighted by Crippen LogP contribution is 2.21. The van der Waals surface area contributed by atoms with Gasteiger partial charge in [-0.15, -0.1) is 0 Å².